The van der Waals surface area contributed by atoms with Crippen molar-refractivity contribution in [1.29, 1.82) is 0 Å². The molecule has 0 heterocycles. The van der Waals surface area contributed by atoms with Gasteiger partial charge in [0.1, 0.15) is 0 Å². The van der Waals surface area contributed by atoms with E-state index in [9.17, 15) is 0 Å². The maximum absolute atomic E-state index is 5.32. The number of aryl methyl sites for hydroxylation is 2. The Morgan fingerprint density at radius 1 is 1.14 bits per heavy atom. The molecule has 0 bridgehead atoms. The van der Waals surface area contributed by atoms with Crippen LogP contribution < -0.4 is 10.7 Å². The van der Waals surface area contributed by atoms with E-state index in [1.165, 1.54) is 43.2 Å². The van der Waals surface area contributed by atoms with Crippen LogP contribution in [0.15, 0.2) is 23.3 Å². The first-order valence-electron chi connectivity index (χ1n) is 7.74. The maximum Gasteiger partial charge on any atom is 0.187 e. The van der Waals surface area contributed by atoms with Gasteiger partial charge in [0.15, 0.2) is 5.11 Å². The summed E-state index contributed by atoms with van der Waals surface area (Å²) in [6.07, 6.45) is 6.36. The topological polar surface area (TPSA) is 36.4 Å². The molecule has 0 aromatic heterocycles. The minimum Gasteiger partial charge on any atom is -0.359 e. The Morgan fingerprint density at radius 3 is 2.52 bits per heavy atom. The monoisotopic (exact) mass is 303 g/mol. The van der Waals surface area contributed by atoms with Crippen LogP contribution >= 0.6 is 12.2 Å². The molecule has 0 unspecified atom stereocenters. The van der Waals surface area contributed by atoms with Gasteiger partial charge in [-0.15, -0.1) is 0 Å². The average Bonchev–Trinajstić information content (AvgIpc) is 2.48. The number of nitrogens with zero attached hydrogens (tertiary/aromatic N) is 1. The summed E-state index contributed by atoms with van der Waals surface area (Å²) in [4.78, 5) is 0. The lowest BCUT2D eigenvalue weighted by Crippen LogP contribution is -2.41. The molecule has 1 aliphatic rings. The van der Waals surface area contributed by atoms with Gasteiger partial charge in [-0.1, -0.05) is 31.4 Å². The van der Waals surface area contributed by atoms with Crippen molar-refractivity contribution in [3.05, 3.63) is 34.9 Å². The van der Waals surface area contributed by atoms with Gasteiger partial charge in [0.25, 0.3) is 0 Å². The van der Waals surface area contributed by atoms with Crippen LogP contribution in [0.25, 0.3) is 0 Å². The molecule has 3 nitrogen and oxygen atoms in total. The van der Waals surface area contributed by atoms with E-state index in [1.807, 2.05) is 6.92 Å². The summed E-state index contributed by atoms with van der Waals surface area (Å²) < 4.78 is 0. The normalized spacial score (nSPS) is 16.6. The smallest absolute Gasteiger partial charge is 0.187 e. The summed E-state index contributed by atoms with van der Waals surface area (Å²) in [5, 5.41) is 8.38. The van der Waals surface area contributed by atoms with E-state index in [1.54, 1.807) is 0 Å². The van der Waals surface area contributed by atoms with Gasteiger partial charge in [0.2, 0.25) is 0 Å². The molecule has 1 aromatic carbocycles. The number of nitrogens with one attached hydrogen (secondary N) is 2. The fourth-order valence-corrected chi connectivity index (χ4v) is 2.84. The molecule has 1 aromatic rings. The summed E-state index contributed by atoms with van der Waals surface area (Å²) >= 11 is 5.32. The van der Waals surface area contributed by atoms with Crippen molar-refractivity contribution >= 4 is 23.0 Å². The van der Waals surface area contributed by atoms with Crippen LogP contribution in [0.2, 0.25) is 0 Å². The molecule has 4 heteroatoms. The fourth-order valence-electron chi connectivity index (χ4n) is 2.63. The number of benzene rings is 1. The SMILES string of the molecule is CC(=NNC(=S)NC1CCCCC1)c1ccc(C)c(C)c1. The zero-order chi connectivity index (χ0) is 15.2. The lowest BCUT2D eigenvalue weighted by Gasteiger charge is -2.23. The van der Waals surface area contributed by atoms with Crippen LogP contribution in [0.3, 0.4) is 0 Å². The molecular weight excluding hydrogens is 278 g/mol. The number of rotatable bonds is 3. The highest BCUT2D eigenvalue weighted by molar-refractivity contribution is 7.80. The molecule has 1 saturated carbocycles. The Hall–Kier alpha value is -1.42. The zero-order valence-electron chi connectivity index (χ0n) is 13.2. The molecule has 2 N–H and O–H groups in total. The Kier molecular flexibility index (Phi) is 5.74. The second kappa shape index (κ2) is 7.55. The quantitative estimate of drug-likeness (QED) is 0.506. The van der Waals surface area contributed by atoms with E-state index in [2.05, 4.69) is 47.9 Å². The average molecular weight is 303 g/mol. The Balaban J connectivity index is 1.89. The lowest BCUT2D eigenvalue weighted by atomic mass is 9.96. The predicted molar refractivity (Wildman–Crippen MR) is 93.9 cm³/mol. The minimum atomic E-state index is 0.510. The number of hydrazone groups is 1. The summed E-state index contributed by atoms with van der Waals surface area (Å²) in [6, 6.07) is 6.90. The summed E-state index contributed by atoms with van der Waals surface area (Å²) in [6.45, 7) is 6.24. The molecule has 0 spiro atoms. The van der Waals surface area contributed by atoms with Crippen molar-refractivity contribution in [3.8, 4) is 0 Å². The summed E-state index contributed by atoms with van der Waals surface area (Å²) in [7, 11) is 0. The van der Waals surface area contributed by atoms with Gasteiger partial charge in [-0.05, 0) is 68.6 Å². The predicted octanol–water partition coefficient (Wildman–Crippen LogP) is 3.82. The number of hydrogen-bond donors (Lipinski definition) is 2. The Labute approximate surface area is 133 Å². The van der Waals surface area contributed by atoms with Crippen molar-refractivity contribution in [2.75, 3.05) is 0 Å². The third-order valence-electron chi connectivity index (χ3n) is 4.19. The van der Waals surface area contributed by atoms with E-state index >= 15 is 0 Å². The lowest BCUT2D eigenvalue weighted by molar-refractivity contribution is 0.412. The van der Waals surface area contributed by atoms with Crippen molar-refractivity contribution in [3.63, 3.8) is 0 Å². The Bertz CT molecular complexity index is 531. The van der Waals surface area contributed by atoms with Crippen molar-refractivity contribution in [1.82, 2.24) is 10.7 Å². The van der Waals surface area contributed by atoms with E-state index in [-0.39, 0.29) is 0 Å². The molecule has 0 radical (unpaired) electrons. The van der Waals surface area contributed by atoms with Crippen LogP contribution in [0.5, 0.6) is 0 Å². The number of hydrogen-bond acceptors (Lipinski definition) is 2. The summed E-state index contributed by atoms with van der Waals surface area (Å²) in [5.41, 5.74) is 7.63. The zero-order valence-corrected chi connectivity index (χ0v) is 14.0. The first-order valence-corrected chi connectivity index (χ1v) is 8.15. The first kappa shape index (κ1) is 16.0. The van der Waals surface area contributed by atoms with Gasteiger partial charge in [0, 0.05) is 6.04 Å². The highest BCUT2D eigenvalue weighted by atomic mass is 32.1. The molecule has 2 rings (SSSR count). The van der Waals surface area contributed by atoms with E-state index in [0.717, 1.165) is 11.3 Å². The molecule has 21 heavy (non-hydrogen) atoms. The van der Waals surface area contributed by atoms with Crippen molar-refractivity contribution in [2.45, 2.75) is 58.9 Å². The standard InChI is InChI=1S/C17H25N3S/c1-12-9-10-15(11-13(12)2)14(3)19-20-17(21)18-16-7-5-4-6-8-16/h9-11,16H,4-8H2,1-3H3,(H2,18,20,21). The minimum absolute atomic E-state index is 0.510. The van der Waals surface area contributed by atoms with Crippen LogP contribution in [-0.2, 0) is 0 Å². The van der Waals surface area contributed by atoms with Gasteiger partial charge in [-0.2, -0.15) is 5.10 Å². The summed E-state index contributed by atoms with van der Waals surface area (Å²) in [5.74, 6) is 0. The first-order chi connectivity index (χ1) is 10.1. The number of thiocarbonyl (C=S) groups is 1. The van der Waals surface area contributed by atoms with Gasteiger partial charge in [-0.25, -0.2) is 0 Å². The van der Waals surface area contributed by atoms with E-state index in [4.69, 9.17) is 12.2 Å². The molecule has 0 saturated heterocycles. The highest BCUT2D eigenvalue weighted by Gasteiger charge is 2.13. The maximum atomic E-state index is 5.32. The van der Waals surface area contributed by atoms with Crippen LogP contribution in [0.1, 0.15) is 55.7 Å². The molecule has 0 aliphatic heterocycles. The molecular formula is C17H25N3S. The third-order valence-corrected chi connectivity index (χ3v) is 4.40. The molecule has 114 valence electrons. The Morgan fingerprint density at radius 2 is 1.86 bits per heavy atom. The fraction of sp³-hybridized carbons (Fsp3) is 0.529. The van der Waals surface area contributed by atoms with E-state index in [0.29, 0.717) is 11.2 Å². The molecule has 0 atom stereocenters. The van der Waals surface area contributed by atoms with Crippen LogP contribution in [-0.4, -0.2) is 16.9 Å². The molecule has 0 amide bonds. The van der Waals surface area contributed by atoms with E-state index < -0.39 is 0 Å². The van der Waals surface area contributed by atoms with Gasteiger partial charge in [-0.3, -0.25) is 5.43 Å². The highest BCUT2D eigenvalue weighted by Crippen LogP contribution is 2.17. The van der Waals surface area contributed by atoms with Crippen molar-refractivity contribution in [2.24, 2.45) is 5.10 Å². The molecule has 1 aliphatic carbocycles. The van der Waals surface area contributed by atoms with Gasteiger partial charge >= 0.3 is 0 Å². The largest absolute Gasteiger partial charge is 0.359 e. The third kappa shape index (κ3) is 4.81. The van der Waals surface area contributed by atoms with Crippen LogP contribution in [0.4, 0.5) is 0 Å². The second-order valence-corrected chi connectivity index (χ2v) is 6.32. The van der Waals surface area contributed by atoms with Crippen LogP contribution in [0, 0.1) is 13.8 Å². The van der Waals surface area contributed by atoms with Gasteiger partial charge < -0.3 is 5.32 Å². The van der Waals surface area contributed by atoms with Crippen molar-refractivity contribution < 1.29 is 0 Å². The second-order valence-electron chi connectivity index (χ2n) is 5.92. The molecule has 1 fully saturated rings. The van der Waals surface area contributed by atoms with Gasteiger partial charge in [0.05, 0.1) is 5.71 Å².